The first-order valence-corrected chi connectivity index (χ1v) is 7.64. The number of rotatable bonds is 2. The fourth-order valence-electron chi connectivity index (χ4n) is 3.89. The van der Waals surface area contributed by atoms with Gasteiger partial charge in [0.1, 0.15) is 0 Å². The molecule has 1 unspecified atom stereocenters. The van der Waals surface area contributed by atoms with E-state index in [1.54, 1.807) is 0 Å². The van der Waals surface area contributed by atoms with Crippen LogP contribution in [0.2, 0.25) is 5.02 Å². The van der Waals surface area contributed by atoms with Crippen LogP contribution < -0.4 is 10.9 Å². The summed E-state index contributed by atoms with van der Waals surface area (Å²) < 4.78 is 1.84. The van der Waals surface area contributed by atoms with Gasteiger partial charge >= 0.3 is 0 Å². The highest BCUT2D eigenvalue weighted by Gasteiger charge is 2.42. The second kappa shape index (κ2) is 5.29. The zero-order chi connectivity index (χ0) is 13.3. The van der Waals surface area contributed by atoms with Gasteiger partial charge in [-0.2, -0.15) is 0 Å². The molecule has 1 N–H and O–H groups in total. The van der Waals surface area contributed by atoms with Crippen molar-refractivity contribution in [2.75, 3.05) is 13.1 Å². The second-order valence-corrected chi connectivity index (χ2v) is 6.50. The van der Waals surface area contributed by atoms with Gasteiger partial charge in [0.2, 0.25) is 0 Å². The van der Waals surface area contributed by atoms with Crippen LogP contribution >= 0.6 is 11.6 Å². The number of hydrogen-bond donors (Lipinski definition) is 1. The first-order chi connectivity index (χ1) is 9.20. The van der Waals surface area contributed by atoms with E-state index in [0.29, 0.717) is 16.4 Å². The topological polar surface area (TPSA) is 34.0 Å². The lowest BCUT2D eigenvalue weighted by molar-refractivity contribution is 0.101. The maximum atomic E-state index is 12.0. The molecule has 104 valence electrons. The first-order valence-electron chi connectivity index (χ1n) is 7.26. The Morgan fingerprint density at radius 1 is 1.42 bits per heavy atom. The van der Waals surface area contributed by atoms with Crippen molar-refractivity contribution < 1.29 is 0 Å². The highest BCUT2D eigenvalue weighted by atomic mass is 35.5. The average molecular weight is 281 g/mol. The van der Waals surface area contributed by atoms with Gasteiger partial charge in [-0.25, -0.2) is 0 Å². The monoisotopic (exact) mass is 280 g/mol. The number of piperidine rings is 1. The molecular formula is C15H21ClN2O. The van der Waals surface area contributed by atoms with E-state index in [9.17, 15) is 4.79 Å². The zero-order valence-corrected chi connectivity index (χ0v) is 12.0. The molecule has 1 atom stereocenters. The maximum absolute atomic E-state index is 12.0. The summed E-state index contributed by atoms with van der Waals surface area (Å²) in [6.07, 6.45) is 8.33. The molecule has 0 amide bonds. The van der Waals surface area contributed by atoms with Crippen LogP contribution in [-0.4, -0.2) is 17.7 Å². The molecule has 0 bridgehead atoms. The summed E-state index contributed by atoms with van der Waals surface area (Å²) in [4.78, 5) is 12.0. The molecule has 3 nitrogen and oxygen atoms in total. The average Bonchev–Trinajstić information content (AvgIpc) is 2.85. The molecule has 2 heterocycles. The molecule has 1 aromatic heterocycles. The van der Waals surface area contributed by atoms with Gasteiger partial charge in [-0.3, -0.25) is 4.79 Å². The summed E-state index contributed by atoms with van der Waals surface area (Å²) in [5.41, 5.74) is 0.455. The highest BCUT2D eigenvalue weighted by Crippen LogP contribution is 2.47. The molecule has 1 aliphatic heterocycles. The van der Waals surface area contributed by atoms with Gasteiger partial charge in [0.05, 0.1) is 0 Å². The lowest BCUT2D eigenvalue weighted by Crippen LogP contribution is -2.47. The van der Waals surface area contributed by atoms with Gasteiger partial charge < -0.3 is 9.88 Å². The summed E-state index contributed by atoms with van der Waals surface area (Å²) in [5.74, 6) is 0.620. The molecule has 4 heteroatoms. The summed E-state index contributed by atoms with van der Waals surface area (Å²) in [6.45, 7) is 3.05. The van der Waals surface area contributed by atoms with E-state index < -0.39 is 0 Å². The molecule has 1 saturated heterocycles. The van der Waals surface area contributed by atoms with E-state index >= 15 is 0 Å². The predicted octanol–water partition coefficient (Wildman–Crippen LogP) is 2.67. The van der Waals surface area contributed by atoms with Crippen molar-refractivity contribution in [3.8, 4) is 0 Å². The van der Waals surface area contributed by atoms with E-state index in [-0.39, 0.29) is 5.56 Å². The number of pyridine rings is 1. The molecule has 0 aromatic carbocycles. The normalized spacial score (nSPS) is 25.8. The fourth-order valence-corrected chi connectivity index (χ4v) is 4.03. The van der Waals surface area contributed by atoms with Crippen molar-refractivity contribution in [2.24, 2.45) is 11.3 Å². The van der Waals surface area contributed by atoms with Gasteiger partial charge in [0, 0.05) is 30.4 Å². The molecule has 19 heavy (non-hydrogen) atoms. The minimum absolute atomic E-state index is 0.0270. The van der Waals surface area contributed by atoms with Crippen molar-refractivity contribution in [3.05, 3.63) is 33.7 Å². The standard InChI is InChI=1S/C15H21ClN2O/c16-13-4-8-18(14(19)9-13)10-12-3-7-17-11-15(12)5-1-2-6-15/h4,8-9,12,17H,1-3,5-7,10-11H2. The van der Waals surface area contributed by atoms with E-state index in [4.69, 9.17) is 11.6 Å². The van der Waals surface area contributed by atoms with Gasteiger partial charge in [0.15, 0.2) is 0 Å². The molecule has 1 aromatic rings. The third-order valence-electron chi connectivity index (χ3n) is 4.99. The Labute approximate surface area is 119 Å². The molecule has 1 saturated carbocycles. The lowest BCUT2D eigenvalue weighted by Gasteiger charge is -2.42. The second-order valence-electron chi connectivity index (χ2n) is 6.07. The molecule has 1 aliphatic carbocycles. The van der Waals surface area contributed by atoms with Crippen molar-refractivity contribution in [3.63, 3.8) is 0 Å². The summed E-state index contributed by atoms with van der Waals surface area (Å²) in [7, 11) is 0. The minimum Gasteiger partial charge on any atom is -0.316 e. The van der Waals surface area contributed by atoms with Crippen molar-refractivity contribution in [2.45, 2.75) is 38.6 Å². The molecule has 1 spiro atoms. The van der Waals surface area contributed by atoms with Gasteiger partial charge in [-0.05, 0) is 43.2 Å². The SMILES string of the molecule is O=c1cc(Cl)ccn1CC1CCNCC12CCCC2. The largest absolute Gasteiger partial charge is 0.316 e. The van der Waals surface area contributed by atoms with Crippen molar-refractivity contribution in [1.82, 2.24) is 9.88 Å². The maximum Gasteiger partial charge on any atom is 0.252 e. The lowest BCUT2D eigenvalue weighted by atomic mass is 9.70. The van der Waals surface area contributed by atoms with Gasteiger partial charge in [0.25, 0.3) is 5.56 Å². The summed E-state index contributed by atoms with van der Waals surface area (Å²) >= 11 is 5.86. The van der Waals surface area contributed by atoms with Gasteiger partial charge in [-0.15, -0.1) is 0 Å². The Balaban J connectivity index is 1.82. The zero-order valence-electron chi connectivity index (χ0n) is 11.2. The minimum atomic E-state index is 0.0270. The Kier molecular flexibility index (Phi) is 3.68. The number of hydrogen-bond acceptors (Lipinski definition) is 2. The summed E-state index contributed by atoms with van der Waals surface area (Å²) in [6, 6.07) is 3.33. The smallest absolute Gasteiger partial charge is 0.252 e. The first kappa shape index (κ1) is 13.2. The van der Waals surface area contributed by atoms with E-state index in [2.05, 4.69) is 5.32 Å². The Morgan fingerprint density at radius 2 is 2.21 bits per heavy atom. The predicted molar refractivity (Wildman–Crippen MR) is 77.6 cm³/mol. The van der Waals surface area contributed by atoms with Crippen LogP contribution in [0.5, 0.6) is 0 Å². The Hall–Kier alpha value is -0.800. The molecule has 2 fully saturated rings. The van der Waals surface area contributed by atoms with E-state index in [1.165, 1.54) is 38.2 Å². The van der Waals surface area contributed by atoms with Crippen molar-refractivity contribution in [1.29, 1.82) is 0 Å². The molecule has 2 aliphatic rings. The van der Waals surface area contributed by atoms with E-state index in [0.717, 1.165) is 19.6 Å². The number of nitrogens with one attached hydrogen (secondary N) is 1. The van der Waals surface area contributed by atoms with Crippen molar-refractivity contribution >= 4 is 11.6 Å². The quantitative estimate of drug-likeness (QED) is 0.904. The fraction of sp³-hybridized carbons (Fsp3) is 0.667. The number of halogens is 1. The number of aromatic nitrogens is 1. The number of nitrogens with zero attached hydrogens (tertiary/aromatic N) is 1. The van der Waals surface area contributed by atoms with Crippen LogP contribution in [0.25, 0.3) is 0 Å². The van der Waals surface area contributed by atoms with Crippen LogP contribution in [-0.2, 0) is 6.54 Å². The summed E-state index contributed by atoms with van der Waals surface area (Å²) in [5, 5.41) is 4.08. The van der Waals surface area contributed by atoms with Crippen LogP contribution in [0, 0.1) is 11.3 Å². The Morgan fingerprint density at radius 3 is 2.95 bits per heavy atom. The third-order valence-corrected chi connectivity index (χ3v) is 5.22. The third kappa shape index (κ3) is 2.59. The molecule has 0 radical (unpaired) electrons. The Bertz CT molecular complexity index is 505. The van der Waals surface area contributed by atoms with Gasteiger partial charge in [-0.1, -0.05) is 24.4 Å². The van der Waals surface area contributed by atoms with E-state index in [1.807, 2.05) is 16.8 Å². The van der Waals surface area contributed by atoms with Crippen LogP contribution in [0.4, 0.5) is 0 Å². The highest BCUT2D eigenvalue weighted by molar-refractivity contribution is 6.30. The molecule has 3 rings (SSSR count). The van der Waals surface area contributed by atoms with Crippen LogP contribution in [0.15, 0.2) is 23.1 Å². The van der Waals surface area contributed by atoms with Crippen LogP contribution in [0.3, 0.4) is 0 Å². The van der Waals surface area contributed by atoms with Crippen LogP contribution in [0.1, 0.15) is 32.1 Å². The molecular weight excluding hydrogens is 260 g/mol.